The van der Waals surface area contributed by atoms with Crippen molar-refractivity contribution in [2.24, 2.45) is 0 Å². The van der Waals surface area contributed by atoms with Crippen LogP contribution in [0.2, 0.25) is 0 Å². The van der Waals surface area contributed by atoms with E-state index in [0.717, 1.165) is 11.8 Å². The van der Waals surface area contributed by atoms with Gasteiger partial charge in [-0.3, -0.25) is 19.7 Å². The molecule has 0 radical (unpaired) electrons. The highest BCUT2D eigenvalue weighted by atomic mass is 32.2. The van der Waals surface area contributed by atoms with Crippen LogP contribution in [-0.4, -0.2) is 27.7 Å². The predicted octanol–water partition coefficient (Wildman–Crippen LogP) is 1.98. The lowest BCUT2D eigenvalue weighted by Gasteiger charge is -2.16. The molecule has 1 fully saturated rings. The van der Waals surface area contributed by atoms with Crippen LogP contribution in [0.5, 0.6) is 0 Å². The molecule has 2 rings (SSSR count). The highest BCUT2D eigenvalue weighted by Crippen LogP contribution is 2.29. The normalized spacial score (nSPS) is 18.7. The molecule has 0 aromatic heterocycles. The summed E-state index contributed by atoms with van der Waals surface area (Å²) in [7, 11) is 0. The van der Waals surface area contributed by atoms with E-state index in [9.17, 15) is 19.7 Å². The van der Waals surface area contributed by atoms with Crippen LogP contribution < -0.4 is 4.90 Å². The van der Waals surface area contributed by atoms with Crippen molar-refractivity contribution in [3.63, 3.8) is 0 Å². The number of carbonyl (C=O) groups is 2. The third-order valence-electron chi connectivity index (χ3n) is 2.79. The molecule has 0 N–H and O–H groups in total. The second-order valence-corrected chi connectivity index (χ2v) is 5.69. The second kappa shape index (κ2) is 5.40. The molecule has 0 bridgehead atoms. The molecule has 7 heteroatoms. The summed E-state index contributed by atoms with van der Waals surface area (Å²) in [5.41, 5.74) is 0.618. The number of anilines is 1. The van der Waals surface area contributed by atoms with Gasteiger partial charge in [0.1, 0.15) is 0 Å². The number of carbonyl (C=O) groups excluding carboxylic acids is 2. The molecule has 0 spiro atoms. The fourth-order valence-electron chi connectivity index (χ4n) is 1.99. The average Bonchev–Trinajstić information content (AvgIpc) is 2.69. The third-order valence-corrected chi connectivity index (χ3v) is 3.78. The van der Waals surface area contributed by atoms with Gasteiger partial charge in [-0.05, 0) is 12.1 Å². The van der Waals surface area contributed by atoms with Gasteiger partial charge in [-0.1, -0.05) is 11.8 Å². The van der Waals surface area contributed by atoms with Gasteiger partial charge in [-0.15, -0.1) is 0 Å². The first-order valence-electron chi connectivity index (χ1n) is 5.69. The van der Waals surface area contributed by atoms with Gasteiger partial charge in [0, 0.05) is 43.0 Å². The van der Waals surface area contributed by atoms with Crippen molar-refractivity contribution < 1.29 is 14.5 Å². The van der Waals surface area contributed by atoms with Gasteiger partial charge < -0.3 is 4.90 Å². The predicted molar refractivity (Wildman–Crippen MR) is 72.1 cm³/mol. The molecule has 0 aliphatic carbocycles. The van der Waals surface area contributed by atoms with E-state index < -0.39 is 4.92 Å². The Morgan fingerprint density at radius 3 is 2.58 bits per heavy atom. The van der Waals surface area contributed by atoms with Crippen LogP contribution in [0.4, 0.5) is 11.4 Å². The smallest absolute Gasteiger partial charge is 0.269 e. The Kier molecular flexibility index (Phi) is 3.84. The summed E-state index contributed by atoms with van der Waals surface area (Å²) in [4.78, 5) is 34.5. The van der Waals surface area contributed by atoms with E-state index in [0.29, 0.717) is 18.7 Å². The van der Waals surface area contributed by atoms with Gasteiger partial charge in [0.05, 0.1) is 4.92 Å². The number of amides is 1. The molecule has 1 aliphatic heterocycles. The highest BCUT2D eigenvalue weighted by Gasteiger charge is 2.31. The Morgan fingerprint density at radius 2 is 2.05 bits per heavy atom. The van der Waals surface area contributed by atoms with Gasteiger partial charge in [-0.25, -0.2) is 0 Å². The summed E-state index contributed by atoms with van der Waals surface area (Å²) >= 11 is 1.16. The van der Waals surface area contributed by atoms with Crippen LogP contribution in [-0.2, 0) is 9.59 Å². The van der Waals surface area contributed by atoms with Gasteiger partial charge >= 0.3 is 0 Å². The lowest BCUT2D eigenvalue weighted by atomic mass is 10.2. The monoisotopic (exact) mass is 280 g/mol. The van der Waals surface area contributed by atoms with E-state index in [1.54, 1.807) is 17.0 Å². The van der Waals surface area contributed by atoms with Crippen LogP contribution in [0, 0.1) is 10.1 Å². The zero-order valence-electron chi connectivity index (χ0n) is 10.2. The first kappa shape index (κ1) is 13.5. The van der Waals surface area contributed by atoms with Gasteiger partial charge in [0.2, 0.25) is 5.91 Å². The van der Waals surface area contributed by atoms with Crippen molar-refractivity contribution in [3.8, 4) is 0 Å². The van der Waals surface area contributed by atoms with Gasteiger partial charge in [0.15, 0.2) is 5.12 Å². The van der Waals surface area contributed by atoms with E-state index >= 15 is 0 Å². The molecule has 1 aromatic carbocycles. The van der Waals surface area contributed by atoms with E-state index in [1.807, 2.05) is 0 Å². The number of benzene rings is 1. The third kappa shape index (κ3) is 3.11. The van der Waals surface area contributed by atoms with E-state index in [-0.39, 0.29) is 22.0 Å². The molecule has 6 nitrogen and oxygen atoms in total. The average molecular weight is 280 g/mol. The topological polar surface area (TPSA) is 80.5 Å². The maximum Gasteiger partial charge on any atom is 0.269 e. The number of hydrogen-bond acceptors (Lipinski definition) is 5. The minimum absolute atomic E-state index is 0.00921. The summed E-state index contributed by atoms with van der Waals surface area (Å²) in [6, 6.07) is 5.84. The molecule has 1 unspecified atom stereocenters. The largest absolute Gasteiger partial charge is 0.311 e. The van der Waals surface area contributed by atoms with E-state index in [4.69, 9.17) is 0 Å². The van der Waals surface area contributed by atoms with Gasteiger partial charge in [-0.2, -0.15) is 0 Å². The summed E-state index contributed by atoms with van der Waals surface area (Å²) in [6.07, 6.45) is 0.321. The van der Waals surface area contributed by atoms with Crippen molar-refractivity contribution >= 4 is 34.2 Å². The molecule has 1 aliphatic rings. The highest BCUT2D eigenvalue weighted by molar-refractivity contribution is 8.14. The molecular weight excluding hydrogens is 268 g/mol. The summed E-state index contributed by atoms with van der Waals surface area (Å²) in [6.45, 7) is 1.94. The molecule has 1 atom stereocenters. The summed E-state index contributed by atoms with van der Waals surface area (Å²) in [5.74, 6) is -0.0624. The lowest BCUT2D eigenvalue weighted by molar-refractivity contribution is -0.384. The zero-order valence-corrected chi connectivity index (χ0v) is 11.1. The van der Waals surface area contributed by atoms with Crippen molar-refractivity contribution in [3.05, 3.63) is 34.4 Å². The number of non-ortho nitro benzene ring substituents is 1. The van der Waals surface area contributed by atoms with Crippen molar-refractivity contribution in [2.75, 3.05) is 11.4 Å². The zero-order chi connectivity index (χ0) is 14.0. The number of nitro benzene ring substituents is 1. The van der Waals surface area contributed by atoms with Gasteiger partial charge in [0.25, 0.3) is 5.69 Å². The fraction of sp³-hybridized carbons (Fsp3) is 0.333. The maximum atomic E-state index is 11.9. The van der Waals surface area contributed by atoms with Crippen molar-refractivity contribution in [1.29, 1.82) is 0 Å². The maximum absolute atomic E-state index is 11.9. The Hall–Kier alpha value is -1.89. The van der Waals surface area contributed by atoms with E-state index in [2.05, 4.69) is 0 Å². The molecular formula is C12H12N2O4S. The Labute approximate surface area is 113 Å². The SMILES string of the molecule is CC(=O)SC1CC(=O)N(c2ccc([N+](=O)[O-])cc2)C1. The second-order valence-electron chi connectivity index (χ2n) is 4.21. The molecule has 100 valence electrons. The Bertz CT molecular complexity index is 529. The van der Waals surface area contributed by atoms with Crippen molar-refractivity contribution in [2.45, 2.75) is 18.6 Å². The molecule has 1 heterocycles. The van der Waals surface area contributed by atoms with Crippen LogP contribution in [0.15, 0.2) is 24.3 Å². The molecule has 0 saturated carbocycles. The first-order valence-corrected chi connectivity index (χ1v) is 6.57. The number of nitrogens with zero attached hydrogens (tertiary/aromatic N) is 2. The first-order chi connectivity index (χ1) is 8.97. The Morgan fingerprint density at radius 1 is 1.42 bits per heavy atom. The van der Waals surface area contributed by atoms with Crippen LogP contribution in [0.3, 0.4) is 0 Å². The fourth-order valence-corrected chi connectivity index (χ4v) is 2.91. The Balaban J connectivity index is 2.11. The standard InChI is InChI=1S/C12H12N2O4S/c1-8(15)19-11-6-12(16)13(7-11)9-2-4-10(5-3-9)14(17)18/h2-5,11H,6-7H2,1H3. The molecule has 1 amide bonds. The quantitative estimate of drug-likeness (QED) is 0.624. The molecule has 1 saturated heterocycles. The van der Waals surface area contributed by atoms with E-state index in [1.165, 1.54) is 19.1 Å². The molecule has 1 aromatic rings. The summed E-state index contributed by atoms with van der Waals surface area (Å²) in [5, 5.41) is 10.5. The number of nitro groups is 1. The number of thioether (sulfide) groups is 1. The minimum atomic E-state index is -0.482. The number of hydrogen-bond donors (Lipinski definition) is 0. The number of rotatable bonds is 3. The molecule has 19 heavy (non-hydrogen) atoms. The van der Waals surface area contributed by atoms with Crippen LogP contribution in [0.1, 0.15) is 13.3 Å². The van der Waals surface area contributed by atoms with Crippen molar-refractivity contribution in [1.82, 2.24) is 0 Å². The summed E-state index contributed by atoms with van der Waals surface area (Å²) < 4.78 is 0. The van der Waals surface area contributed by atoms with Crippen LogP contribution >= 0.6 is 11.8 Å². The van der Waals surface area contributed by atoms with Crippen LogP contribution in [0.25, 0.3) is 0 Å². The lowest BCUT2D eigenvalue weighted by Crippen LogP contribution is -2.24. The minimum Gasteiger partial charge on any atom is -0.311 e.